The third-order valence-electron chi connectivity index (χ3n) is 4.85. The minimum Gasteiger partial charge on any atom is -0.400 e. The van der Waals surface area contributed by atoms with E-state index in [9.17, 15) is 0 Å². The highest BCUT2D eigenvalue weighted by atomic mass is 16.4. The van der Waals surface area contributed by atoms with Gasteiger partial charge in [0, 0.05) is 24.2 Å². The fourth-order valence-corrected chi connectivity index (χ4v) is 3.82. The van der Waals surface area contributed by atoms with Crippen molar-refractivity contribution < 1.29 is 8.98 Å². The van der Waals surface area contributed by atoms with Crippen LogP contribution >= 0.6 is 0 Å². The van der Waals surface area contributed by atoms with E-state index in [1.165, 1.54) is 11.1 Å². The van der Waals surface area contributed by atoms with Gasteiger partial charge in [0.25, 0.3) is 5.82 Å². The maximum absolute atomic E-state index is 6.17. The van der Waals surface area contributed by atoms with Gasteiger partial charge in [0.1, 0.15) is 12.2 Å². The van der Waals surface area contributed by atoms with Crippen molar-refractivity contribution in [2.75, 3.05) is 0 Å². The summed E-state index contributed by atoms with van der Waals surface area (Å²) in [6.45, 7) is 0.790. The molecule has 1 aromatic carbocycles. The molecule has 25 heavy (non-hydrogen) atoms. The minimum atomic E-state index is 0.668. The lowest BCUT2D eigenvalue weighted by Crippen LogP contribution is -2.31. The van der Waals surface area contributed by atoms with Gasteiger partial charge in [-0.05, 0) is 30.3 Å². The van der Waals surface area contributed by atoms with Crippen molar-refractivity contribution in [3.63, 3.8) is 0 Å². The number of nitrogens with zero attached hydrogens (tertiary/aromatic N) is 4. The highest BCUT2D eigenvalue weighted by Crippen LogP contribution is 2.36. The highest BCUT2D eigenvalue weighted by molar-refractivity contribution is 5.99. The first-order valence-electron chi connectivity index (χ1n) is 8.22. The molecule has 0 saturated heterocycles. The van der Waals surface area contributed by atoms with Crippen LogP contribution in [-0.2, 0) is 6.54 Å². The topological polar surface area (TPSA) is 47.7 Å². The van der Waals surface area contributed by atoms with Crippen LogP contribution in [0.4, 0.5) is 0 Å². The second-order valence-electron chi connectivity index (χ2n) is 6.23. The average molecular weight is 325 g/mol. The van der Waals surface area contributed by atoms with E-state index >= 15 is 0 Å². The number of pyridine rings is 2. The van der Waals surface area contributed by atoms with Gasteiger partial charge in [-0.3, -0.25) is 4.98 Å². The molecule has 5 heteroatoms. The summed E-state index contributed by atoms with van der Waals surface area (Å²) in [4.78, 5) is 8.69. The number of aromatic nitrogens is 4. The Bertz CT molecular complexity index is 1270. The van der Waals surface area contributed by atoms with Crippen LogP contribution in [-0.4, -0.2) is 14.5 Å². The van der Waals surface area contributed by atoms with Crippen LogP contribution < -0.4 is 4.57 Å². The first-order chi connectivity index (χ1) is 12.4. The van der Waals surface area contributed by atoms with E-state index in [1.807, 2.05) is 36.7 Å². The standard InChI is InChI=1S/C20H13N4O/c1-2-5-14(6-3-1)24-19-15-8-10-21-11-13(15)12-23(19)17-16-7-4-9-22-18(16)25-20(17)24/h1-11H,12H2/q+1. The number of hydrogen-bond donors (Lipinski definition) is 0. The summed E-state index contributed by atoms with van der Waals surface area (Å²) in [5, 5.41) is 1.04. The number of para-hydroxylation sites is 1. The molecule has 0 N–H and O–H groups in total. The van der Waals surface area contributed by atoms with E-state index in [2.05, 4.69) is 43.4 Å². The van der Waals surface area contributed by atoms with E-state index < -0.39 is 0 Å². The largest absolute Gasteiger partial charge is 0.400 e. The van der Waals surface area contributed by atoms with Crippen molar-refractivity contribution >= 4 is 22.3 Å². The predicted octanol–water partition coefficient (Wildman–Crippen LogP) is 3.48. The first-order valence-corrected chi connectivity index (χ1v) is 8.22. The Labute approximate surface area is 142 Å². The molecule has 1 aliphatic rings. The fourth-order valence-electron chi connectivity index (χ4n) is 3.82. The Hall–Kier alpha value is -3.47. The van der Waals surface area contributed by atoms with Gasteiger partial charge >= 0.3 is 5.71 Å². The third kappa shape index (κ3) is 1.59. The van der Waals surface area contributed by atoms with Crippen molar-refractivity contribution in [2.45, 2.75) is 6.54 Å². The van der Waals surface area contributed by atoms with Gasteiger partial charge in [0.2, 0.25) is 11.2 Å². The molecule has 4 aromatic heterocycles. The maximum Gasteiger partial charge on any atom is 0.346 e. The van der Waals surface area contributed by atoms with Crippen LogP contribution in [0.1, 0.15) is 5.56 Å². The molecule has 6 rings (SSSR count). The molecule has 5 aromatic rings. The van der Waals surface area contributed by atoms with Crippen LogP contribution in [0.25, 0.3) is 39.4 Å². The molecule has 0 amide bonds. The second kappa shape index (κ2) is 4.54. The van der Waals surface area contributed by atoms with E-state index in [0.717, 1.165) is 34.7 Å². The zero-order valence-corrected chi connectivity index (χ0v) is 13.3. The van der Waals surface area contributed by atoms with Crippen LogP contribution in [0, 0.1) is 0 Å². The van der Waals surface area contributed by atoms with Crippen molar-refractivity contribution in [3.05, 3.63) is 72.7 Å². The van der Waals surface area contributed by atoms with Gasteiger partial charge < -0.3 is 4.42 Å². The highest BCUT2D eigenvalue weighted by Gasteiger charge is 2.38. The van der Waals surface area contributed by atoms with E-state index in [-0.39, 0.29) is 0 Å². The summed E-state index contributed by atoms with van der Waals surface area (Å²) >= 11 is 0. The van der Waals surface area contributed by atoms with Gasteiger partial charge in [-0.1, -0.05) is 18.2 Å². The zero-order chi connectivity index (χ0) is 16.4. The number of imidazole rings is 1. The Balaban J connectivity index is 1.83. The van der Waals surface area contributed by atoms with Crippen molar-refractivity contribution in [1.29, 1.82) is 0 Å². The molecule has 0 saturated carbocycles. The summed E-state index contributed by atoms with van der Waals surface area (Å²) in [5.41, 5.74) is 6.08. The molecular formula is C20H13N4O+. The smallest absolute Gasteiger partial charge is 0.346 e. The number of fused-ring (bicyclic) bond motifs is 7. The van der Waals surface area contributed by atoms with Crippen molar-refractivity contribution in [1.82, 2.24) is 14.5 Å². The Morgan fingerprint density at radius 1 is 1.00 bits per heavy atom. The molecule has 0 atom stereocenters. The molecule has 5 heterocycles. The van der Waals surface area contributed by atoms with Gasteiger partial charge in [0.05, 0.1) is 10.9 Å². The molecular weight excluding hydrogens is 312 g/mol. The molecule has 118 valence electrons. The van der Waals surface area contributed by atoms with Gasteiger partial charge in [-0.15, -0.1) is 0 Å². The summed E-state index contributed by atoms with van der Waals surface area (Å²) in [6.07, 6.45) is 5.56. The van der Waals surface area contributed by atoms with E-state index in [4.69, 9.17) is 4.42 Å². The van der Waals surface area contributed by atoms with Crippen LogP contribution in [0.15, 0.2) is 71.5 Å². The summed E-state index contributed by atoms with van der Waals surface area (Å²) < 4.78 is 10.7. The van der Waals surface area contributed by atoms with E-state index in [0.29, 0.717) is 5.71 Å². The van der Waals surface area contributed by atoms with Crippen molar-refractivity contribution in [2.24, 2.45) is 0 Å². The molecule has 0 aliphatic carbocycles. The van der Waals surface area contributed by atoms with Gasteiger partial charge in [0.15, 0.2) is 0 Å². The normalized spacial score (nSPS) is 12.6. The lowest BCUT2D eigenvalue weighted by molar-refractivity contribution is -0.645. The average Bonchev–Trinajstić information content (AvgIpc) is 3.29. The Kier molecular flexibility index (Phi) is 2.34. The number of hydrogen-bond acceptors (Lipinski definition) is 3. The third-order valence-corrected chi connectivity index (χ3v) is 4.85. The van der Waals surface area contributed by atoms with E-state index in [1.54, 1.807) is 6.20 Å². The predicted molar refractivity (Wildman–Crippen MR) is 93.4 cm³/mol. The lowest BCUT2D eigenvalue weighted by Gasteiger charge is -2.00. The van der Waals surface area contributed by atoms with Crippen LogP contribution in [0.5, 0.6) is 0 Å². The summed E-state index contributed by atoms with van der Waals surface area (Å²) in [5.74, 6) is 1.13. The van der Waals surface area contributed by atoms with Gasteiger partial charge in [-0.25, -0.2) is 9.55 Å². The minimum absolute atomic E-state index is 0.668. The fraction of sp³-hybridized carbons (Fsp3) is 0.0500. The number of benzene rings is 1. The van der Waals surface area contributed by atoms with Gasteiger partial charge in [-0.2, -0.15) is 4.57 Å². The zero-order valence-electron chi connectivity index (χ0n) is 13.3. The molecule has 0 spiro atoms. The molecule has 0 unspecified atom stereocenters. The van der Waals surface area contributed by atoms with Crippen molar-refractivity contribution in [3.8, 4) is 17.1 Å². The Morgan fingerprint density at radius 3 is 2.84 bits per heavy atom. The quantitative estimate of drug-likeness (QED) is 0.435. The maximum atomic E-state index is 6.17. The monoisotopic (exact) mass is 325 g/mol. The first kappa shape index (κ1) is 12.9. The number of rotatable bonds is 1. The second-order valence-corrected chi connectivity index (χ2v) is 6.23. The SMILES string of the molecule is c1ccc(-n2c3[n+](c4c5cccnc5oc42)Cc2cnccc2-3)cc1. The summed E-state index contributed by atoms with van der Waals surface area (Å²) in [6, 6.07) is 16.4. The molecule has 0 radical (unpaired) electrons. The van der Waals surface area contributed by atoms with Crippen LogP contribution in [0.2, 0.25) is 0 Å². The molecule has 0 bridgehead atoms. The number of furan rings is 1. The molecule has 1 aliphatic heterocycles. The molecule has 5 nitrogen and oxygen atoms in total. The summed E-state index contributed by atoms with van der Waals surface area (Å²) in [7, 11) is 0. The van der Waals surface area contributed by atoms with Crippen LogP contribution in [0.3, 0.4) is 0 Å². The molecule has 0 fully saturated rings. The Morgan fingerprint density at radius 2 is 1.92 bits per heavy atom. The lowest BCUT2D eigenvalue weighted by atomic mass is 10.1.